The van der Waals surface area contributed by atoms with E-state index in [1.807, 2.05) is 13.0 Å². The maximum absolute atomic E-state index is 12.7. The molecule has 2 rings (SSSR count). The van der Waals surface area contributed by atoms with E-state index in [-0.39, 0.29) is 17.5 Å². The number of ether oxygens (including phenoxy) is 1. The summed E-state index contributed by atoms with van der Waals surface area (Å²) in [5, 5.41) is 0. The third kappa shape index (κ3) is 3.10. The molecule has 2 atom stereocenters. The van der Waals surface area contributed by atoms with Gasteiger partial charge in [0, 0.05) is 27.9 Å². The Kier molecular flexibility index (Phi) is 5.42. The monoisotopic (exact) mass is 362 g/mol. The van der Waals surface area contributed by atoms with Crippen LogP contribution in [0, 0.1) is 17.8 Å². The molecule has 1 aromatic carbocycles. The van der Waals surface area contributed by atoms with Gasteiger partial charge in [-0.3, -0.25) is 9.59 Å². The molecular weight excluding hydrogens is 344 g/mol. The van der Waals surface area contributed by atoms with Crippen molar-refractivity contribution in [2.45, 2.75) is 39.0 Å². The minimum atomic E-state index is -0.730. The van der Waals surface area contributed by atoms with E-state index in [4.69, 9.17) is 4.74 Å². The number of ketones is 2. The van der Waals surface area contributed by atoms with Crippen LogP contribution in [0.3, 0.4) is 0 Å². The molecule has 3 nitrogen and oxygen atoms in total. The first kappa shape index (κ1) is 16.8. The summed E-state index contributed by atoms with van der Waals surface area (Å²) in [5.41, 5.74) is 1.43. The average molecular weight is 363 g/mol. The SMILES string of the molecule is CC#Cc1cc(Br)c(C2C(=O)CCC(CC)C2=O)c(OC)c1. The topological polar surface area (TPSA) is 43.4 Å². The fourth-order valence-electron chi connectivity index (χ4n) is 2.96. The zero-order chi connectivity index (χ0) is 16.3. The van der Waals surface area contributed by atoms with Gasteiger partial charge in [0.15, 0.2) is 5.78 Å². The summed E-state index contributed by atoms with van der Waals surface area (Å²) in [4.78, 5) is 25.0. The van der Waals surface area contributed by atoms with Gasteiger partial charge in [-0.2, -0.15) is 0 Å². The highest BCUT2D eigenvalue weighted by Gasteiger charge is 2.39. The Morgan fingerprint density at radius 1 is 1.36 bits per heavy atom. The van der Waals surface area contributed by atoms with Crippen molar-refractivity contribution in [3.05, 3.63) is 27.7 Å². The van der Waals surface area contributed by atoms with Crippen molar-refractivity contribution < 1.29 is 14.3 Å². The first-order chi connectivity index (χ1) is 10.5. The lowest BCUT2D eigenvalue weighted by molar-refractivity contribution is -0.135. The second-order valence-corrected chi connectivity index (χ2v) is 6.25. The number of carbonyl (C=O) groups excluding carboxylic acids is 2. The molecule has 0 bridgehead atoms. The molecule has 0 radical (unpaired) electrons. The average Bonchev–Trinajstić information content (AvgIpc) is 2.49. The number of rotatable bonds is 3. The molecule has 116 valence electrons. The molecule has 1 aromatic rings. The van der Waals surface area contributed by atoms with Crippen LogP contribution in [0.2, 0.25) is 0 Å². The predicted molar refractivity (Wildman–Crippen MR) is 89.0 cm³/mol. The van der Waals surface area contributed by atoms with Crippen molar-refractivity contribution in [2.75, 3.05) is 7.11 Å². The normalized spacial score (nSPS) is 21.3. The molecule has 0 heterocycles. The van der Waals surface area contributed by atoms with Gasteiger partial charge >= 0.3 is 0 Å². The van der Waals surface area contributed by atoms with Gasteiger partial charge in [0.1, 0.15) is 17.5 Å². The molecule has 0 spiro atoms. The zero-order valence-corrected chi connectivity index (χ0v) is 14.6. The molecule has 0 amide bonds. The second kappa shape index (κ2) is 7.11. The molecule has 1 saturated carbocycles. The Bertz CT molecular complexity index is 667. The Balaban J connectivity index is 2.56. The number of Topliss-reactive ketones (excluding diaryl/α,β-unsaturated/α-hetero) is 2. The van der Waals surface area contributed by atoms with E-state index in [1.54, 1.807) is 20.1 Å². The predicted octanol–water partition coefficient (Wildman–Crippen LogP) is 3.87. The molecule has 4 heteroatoms. The highest BCUT2D eigenvalue weighted by molar-refractivity contribution is 9.10. The van der Waals surface area contributed by atoms with E-state index in [2.05, 4.69) is 27.8 Å². The molecule has 1 aliphatic rings. The molecule has 0 saturated heterocycles. The Labute approximate surface area is 139 Å². The molecule has 1 fully saturated rings. The van der Waals surface area contributed by atoms with Crippen LogP contribution in [-0.4, -0.2) is 18.7 Å². The van der Waals surface area contributed by atoms with Crippen LogP contribution in [0.4, 0.5) is 0 Å². The summed E-state index contributed by atoms with van der Waals surface area (Å²) < 4.78 is 6.13. The van der Waals surface area contributed by atoms with Crippen LogP contribution in [0.5, 0.6) is 5.75 Å². The van der Waals surface area contributed by atoms with Gasteiger partial charge in [-0.15, -0.1) is 5.92 Å². The summed E-state index contributed by atoms with van der Waals surface area (Å²) in [5.74, 6) is 5.54. The summed E-state index contributed by atoms with van der Waals surface area (Å²) in [6.07, 6.45) is 1.87. The summed E-state index contributed by atoms with van der Waals surface area (Å²) in [7, 11) is 1.55. The number of benzene rings is 1. The minimum Gasteiger partial charge on any atom is -0.496 e. The van der Waals surface area contributed by atoms with Crippen molar-refractivity contribution in [2.24, 2.45) is 5.92 Å². The third-order valence-corrected chi connectivity index (χ3v) is 4.77. The van der Waals surface area contributed by atoms with Crippen LogP contribution >= 0.6 is 15.9 Å². The maximum atomic E-state index is 12.7. The van der Waals surface area contributed by atoms with Gasteiger partial charge in [0.25, 0.3) is 0 Å². The van der Waals surface area contributed by atoms with E-state index in [9.17, 15) is 9.59 Å². The molecule has 22 heavy (non-hydrogen) atoms. The van der Waals surface area contributed by atoms with Crippen molar-refractivity contribution in [1.82, 2.24) is 0 Å². The quantitative estimate of drug-likeness (QED) is 0.605. The molecule has 2 unspecified atom stereocenters. The van der Waals surface area contributed by atoms with Crippen LogP contribution in [0.1, 0.15) is 50.2 Å². The van der Waals surface area contributed by atoms with E-state index >= 15 is 0 Å². The second-order valence-electron chi connectivity index (χ2n) is 5.39. The summed E-state index contributed by atoms with van der Waals surface area (Å²) in [6.45, 7) is 3.75. The van der Waals surface area contributed by atoms with Gasteiger partial charge in [-0.1, -0.05) is 28.8 Å². The smallest absolute Gasteiger partial charge is 0.151 e. The van der Waals surface area contributed by atoms with Crippen molar-refractivity contribution in [1.29, 1.82) is 0 Å². The van der Waals surface area contributed by atoms with Crippen LogP contribution in [0.15, 0.2) is 16.6 Å². The Morgan fingerprint density at radius 2 is 2.09 bits per heavy atom. The standard InChI is InChI=1S/C18H19BrO3/c1-4-6-11-9-13(19)16(15(10-11)22-3)17-14(20)8-7-12(5-2)18(17)21/h9-10,12,17H,5,7-8H2,1-3H3. The minimum absolute atomic E-state index is 0.00655. The van der Waals surface area contributed by atoms with Gasteiger partial charge in [0.2, 0.25) is 0 Å². The van der Waals surface area contributed by atoms with Gasteiger partial charge in [0.05, 0.1) is 7.11 Å². The van der Waals surface area contributed by atoms with E-state index in [0.717, 1.165) is 12.0 Å². The fourth-order valence-corrected chi connectivity index (χ4v) is 3.64. The van der Waals surface area contributed by atoms with Crippen molar-refractivity contribution in [3.8, 4) is 17.6 Å². The van der Waals surface area contributed by atoms with Crippen LogP contribution < -0.4 is 4.74 Å². The zero-order valence-electron chi connectivity index (χ0n) is 13.0. The van der Waals surface area contributed by atoms with Gasteiger partial charge in [-0.25, -0.2) is 0 Å². The molecular formula is C18H19BrO3. The summed E-state index contributed by atoms with van der Waals surface area (Å²) >= 11 is 3.49. The number of halogens is 1. The summed E-state index contributed by atoms with van der Waals surface area (Å²) in [6, 6.07) is 3.62. The van der Waals surface area contributed by atoms with Crippen LogP contribution in [-0.2, 0) is 9.59 Å². The van der Waals surface area contributed by atoms with E-state index < -0.39 is 5.92 Å². The number of methoxy groups -OCH3 is 1. The first-order valence-corrected chi connectivity index (χ1v) is 8.19. The number of carbonyl (C=O) groups is 2. The lowest BCUT2D eigenvalue weighted by Gasteiger charge is -2.28. The largest absolute Gasteiger partial charge is 0.496 e. The van der Waals surface area contributed by atoms with Crippen molar-refractivity contribution in [3.63, 3.8) is 0 Å². The number of hydrogen-bond acceptors (Lipinski definition) is 3. The Hall–Kier alpha value is -1.60. The molecule has 0 N–H and O–H groups in total. The molecule has 1 aliphatic carbocycles. The highest BCUT2D eigenvalue weighted by atomic mass is 79.9. The third-order valence-electron chi connectivity index (χ3n) is 4.11. The highest BCUT2D eigenvalue weighted by Crippen LogP contribution is 2.41. The van der Waals surface area contributed by atoms with Gasteiger partial charge in [-0.05, 0) is 31.9 Å². The maximum Gasteiger partial charge on any atom is 0.151 e. The first-order valence-electron chi connectivity index (χ1n) is 7.40. The van der Waals surface area contributed by atoms with Crippen LogP contribution in [0.25, 0.3) is 0 Å². The lowest BCUT2D eigenvalue weighted by Crippen LogP contribution is -2.34. The van der Waals surface area contributed by atoms with Gasteiger partial charge < -0.3 is 4.74 Å². The molecule has 0 aliphatic heterocycles. The Morgan fingerprint density at radius 3 is 2.68 bits per heavy atom. The number of hydrogen-bond donors (Lipinski definition) is 0. The van der Waals surface area contributed by atoms with Crippen molar-refractivity contribution >= 4 is 27.5 Å². The molecule has 0 aromatic heterocycles. The van der Waals surface area contributed by atoms with E-state index in [0.29, 0.717) is 28.6 Å². The fraction of sp³-hybridized carbons (Fsp3) is 0.444. The lowest BCUT2D eigenvalue weighted by atomic mass is 9.74. The van der Waals surface area contributed by atoms with E-state index in [1.165, 1.54) is 0 Å².